The van der Waals surface area contributed by atoms with Gasteiger partial charge in [0.15, 0.2) is 5.78 Å². The highest BCUT2D eigenvalue weighted by Gasteiger charge is 2.38. The Morgan fingerprint density at radius 1 is 1.22 bits per heavy atom. The number of benzene rings is 1. The molecule has 3 heterocycles. The number of aromatic nitrogens is 3. The molecule has 0 radical (unpaired) electrons. The summed E-state index contributed by atoms with van der Waals surface area (Å²) < 4.78 is 7.91. The molecule has 0 fully saturated rings. The number of Topliss-reactive ketones (excluding diaryl/α,β-unsaturated/α-hetero) is 1. The fraction of sp³-hybridized carbons (Fsp3) is 0.250. The molecule has 0 spiro atoms. The number of nitrogens with zero attached hydrogens (tertiary/aromatic N) is 3. The van der Waals surface area contributed by atoms with Gasteiger partial charge in [-0.3, -0.25) is 4.79 Å². The number of carbonyl (C=O) groups is 1. The fourth-order valence-corrected chi connectivity index (χ4v) is 4.06. The molecule has 1 N–H and O–H groups in total. The van der Waals surface area contributed by atoms with E-state index in [2.05, 4.69) is 15.4 Å². The molecule has 1 aliphatic heterocycles. The van der Waals surface area contributed by atoms with Crippen LogP contribution in [0, 0.1) is 6.92 Å². The van der Waals surface area contributed by atoms with Crippen LogP contribution in [0.5, 0.6) is 0 Å². The summed E-state index contributed by atoms with van der Waals surface area (Å²) in [5.74, 6) is 2.73. The SMILES string of the molecule is Cc1nc2n(n1)C(c1ccc(-c3ccccc3Cl)o1)C1=C(CCCC1=O)N2. The molecular weight excluding hydrogens is 364 g/mol. The summed E-state index contributed by atoms with van der Waals surface area (Å²) in [6, 6.07) is 10.9. The Bertz CT molecular complexity index is 1100. The minimum absolute atomic E-state index is 0.128. The topological polar surface area (TPSA) is 73.0 Å². The lowest BCUT2D eigenvalue weighted by Gasteiger charge is -2.30. The first kappa shape index (κ1) is 16.3. The van der Waals surface area contributed by atoms with Crippen LogP contribution in [0.1, 0.15) is 36.9 Å². The van der Waals surface area contributed by atoms with Crippen LogP contribution in [0.15, 0.2) is 52.1 Å². The molecule has 5 rings (SSSR count). The second kappa shape index (κ2) is 6.09. The Labute approximate surface area is 160 Å². The summed E-state index contributed by atoms with van der Waals surface area (Å²) in [5, 5.41) is 8.41. The van der Waals surface area contributed by atoms with Crippen LogP contribution < -0.4 is 5.32 Å². The van der Waals surface area contributed by atoms with E-state index in [1.807, 2.05) is 43.3 Å². The predicted molar refractivity (Wildman–Crippen MR) is 102 cm³/mol. The molecule has 136 valence electrons. The molecule has 1 aromatic carbocycles. The third-order valence-corrected chi connectivity index (χ3v) is 5.34. The van der Waals surface area contributed by atoms with E-state index in [4.69, 9.17) is 16.0 Å². The van der Waals surface area contributed by atoms with Crippen LogP contribution in [0.3, 0.4) is 0 Å². The van der Waals surface area contributed by atoms with Crippen LogP contribution in [0.2, 0.25) is 5.02 Å². The van der Waals surface area contributed by atoms with E-state index >= 15 is 0 Å². The first-order chi connectivity index (χ1) is 13.1. The van der Waals surface area contributed by atoms with E-state index in [0.717, 1.165) is 29.7 Å². The van der Waals surface area contributed by atoms with Gasteiger partial charge in [0.05, 0.1) is 5.02 Å². The standard InChI is InChI=1S/C20H17ClN4O2/c1-11-22-20-23-14-7-4-8-15(26)18(14)19(25(20)24-11)17-10-9-16(27-17)12-5-2-3-6-13(12)21/h2-3,5-6,9-10,19H,4,7-8H2,1H3,(H,22,23,24). The van der Waals surface area contributed by atoms with Crippen molar-refractivity contribution < 1.29 is 9.21 Å². The predicted octanol–water partition coefficient (Wildman–Crippen LogP) is 4.52. The number of nitrogens with one attached hydrogen (secondary N) is 1. The minimum atomic E-state index is -0.415. The van der Waals surface area contributed by atoms with Crippen molar-refractivity contribution in [3.05, 3.63) is 64.3 Å². The highest BCUT2D eigenvalue weighted by molar-refractivity contribution is 6.33. The van der Waals surface area contributed by atoms with Crippen LogP contribution >= 0.6 is 11.6 Å². The van der Waals surface area contributed by atoms with Gasteiger partial charge in [-0.1, -0.05) is 23.7 Å². The molecule has 7 heteroatoms. The molecular formula is C20H17ClN4O2. The Kier molecular flexibility index (Phi) is 3.68. The van der Waals surface area contributed by atoms with Crippen molar-refractivity contribution >= 4 is 23.3 Å². The second-order valence-corrected chi connectivity index (χ2v) is 7.21. The number of anilines is 1. The molecule has 0 saturated carbocycles. The van der Waals surface area contributed by atoms with Crippen molar-refractivity contribution in [3.8, 4) is 11.3 Å². The number of hydrogen-bond acceptors (Lipinski definition) is 5. The quantitative estimate of drug-likeness (QED) is 0.707. The first-order valence-corrected chi connectivity index (χ1v) is 9.30. The Morgan fingerprint density at radius 2 is 2.07 bits per heavy atom. The summed E-state index contributed by atoms with van der Waals surface area (Å²) in [6.07, 6.45) is 2.20. The van der Waals surface area contributed by atoms with Gasteiger partial charge in [-0.2, -0.15) is 10.1 Å². The molecule has 2 aliphatic rings. The van der Waals surface area contributed by atoms with Gasteiger partial charge in [-0.25, -0.2) is 4.68 Å². The Hall–Kier alpha value is -2.86. The van der Waals surface area contributed by atoms with Crippen molar-refractivity contribution in [2.75, 3.05) is 5.32 Å². The van der Waals surface area contributed by atoms with Crippen molar-refractivity contribution in [2.24, 2.45) is 0 Å². The highest BCUT2D eigenvalue weighted by atomic mass is 35.5. The third kappa shape index (κ3) is 2.59. The molecule has 0 bridgehead atoms. The number of carbonyl (C=O) groups excluding carboxylic acids is 1. The molecule has 0 amide bonds. The van der Waals surface area contributed by atoms with E-state index in [9.17, 15) is 4.79 Å². The smallest absolute Gasteiger partial charge is 0.226 e. The molecule has 27 heavy (non-hydrogen) atoms. The molecule has 1 atom stereocenters. The number of furan rings is 1. The maximum Gasteiger partial charge on any atom is 0.226 e. The van der Waals surface area contributed by atoms with Gasteiger partial charge in [-0.05, 0) is 44.0 Å². The monoisotopic (exact) mass is 380 g/mol. The van der Waals surface area contributed by atoms with E-state index in [-0.39, 0.29) is 5.78 Å². The number of rotatable bonds is 2. The van der Waals surface area contributed by atoms with Crippen LogP contribution in [-0.2, 0) is 4.79 Å². The number of fused-ring (bicyclic) bond motifs is 1. The lowest BCUT2D eigenvalue weighted by atomic mass is 9.88. The lowest BCUT2D eigenvalue weighted by molar-refractivity contribution is -0.116. The van der Waals surface area contributed by atoms with E-state index in [1.165, 1.54) is 0 Å². The average Bonchev–Trinajstić information content (AvgIpc) is 3.26. The van der Waals surface area contributed by atoms with Crippen molar-refractivity contribution in [3.63, 3.8) is 0 Å². The number of halogens is 1. The van der Waals surface area contributed by atoms with Gasteiger partial charge < -0.3 is 9.73 Å². The Balaban J connectivity index is 1.65. The maximum atomic E-state index is 12.7. The normalized spacial score (nSPS) is 18.9. The molecule has 3 aromatic rings. The van der Waals surface area contributed by atoms with Crippen molar-refractivity contribution in [2.45, 2.75) is 32.2 Å². The molecule has 1 aliphatic carbocycles. The summed E-state index contributed by atoms with van der Waals surface area (Å²) >= 11 is 6.31. The van der Waals surface area contributed by atoms with E-state index < -0.39 is 6.04 Å². The van der Waals surface area contributed by atoms with Crippen LogP contribution in [0.4, 0.5) is 5.95 Å². The fourth-order valence-electron chi connectivity index (χ4n) is 3.83. The minimum Gasteiger partial charge on any atom is -0.458 e. The first-order valence-electron chi connectivity index (χ1n) is 8.93. The zero-order valence-corrected chi connectivity index (χ0v) is 15.5. The van der Waals surface area contributed by atoms with Gasteiger partial charge in [0, 0.05) is 23.3 Å². The van der Waals surface area contributed by atoms with Crippen LogP contribution in [0.25, 0.3) is 11.3 Å². The largest absolute Gasteiger partial charge is 0.458 e. The summed E-state index contributed by atoms with van der Waals surface area (Å²) in [4.78, 5) is 17.2. The lowest BCUT2D eigenvalue weighted by Crippen LogP contribution is -2.31. The van der Waals surface area contributed by atoms with Gasteiger partial charge in [0.25, 0.3) is 0 Å². The molecule has 2 aromatic heterocycles. The van der Waals surface area contributed by atoms with Crippen molar-refractivity contribution in [1.82, 2.24) is 14.8 Å². The Morgan fingerprint density at radius 3 is 2.93 bits per heavy atom. The molecule has 1 unspecified atom stereocenters. The van der Waals surface area contributed by atoms with Gasteiger partial charge in [0.1, 0.15) is 23.4 Å². The summed E-state index contributed by atoms with van der Waals surface area (Å²) in [5.41, 5.74) is 2.46. The van der Waals surface area contributed by atoms with Crippen molar-refractivity contribution in [1.29, 1.82) is 0 Å². The average molecular weight is 381 g/mol. The van der Waals surface area contributed by atoms with Gasteiger partial charge in [-0.15, -0.1) is 0 Å². The third-order valence-electron chi connectivity index (χ3n) is 5.01. The number of hydrogen-bond donors (Lipinski definition) is 1. The number of allylic oxidation sites excluding steroid dienone is 2. The molecule has 6 nitrogen and oxygen atoms in total. The number of aryl methyl sites for hydroxylation is 1. The van der Waals surface area contributed by atoms with Crippen LogP contribution in [-0.4, -0.2) is 20.5 Å². The summed E-state index contributed by atoms with van der Waals surface area (Å²) in [6.45, 7) is 1.84. The highest BCUT2D eigenvalue weighted by Crippen LogP contribution is 2.41. The van der Waals surface area contributed by atoms with Gasteiger partial charge in [0.2, 0.25) is 5.95 Å². The molecule has 0 saturated heterocycles. The zero-order valence-electron chi connectivity index (χ0n) is 14.7. The maximum absolute atomic E-state index is 12.7. The van der Waals surface area contributed by atoms with E-state index in [0.29, 0.717) is 34.7 Å². The van der Waals surface area contributed by atoms with E-state index in [1.54, 1.807) is 4.68 Å². The van der Waals surface area contributed by atoms with Gasteiger partial charge >= 0.3 is 0 Å². The second-order valence-electron chi connectivity index (χ2n) is 6.81. The zero-order chi connectivity index (χ0) is 18.5. The number of ketones is 1. The summed E-state index contributed by atoms with van der Waals surface area (Å²) in [7, 11) is 0.